The van der Waals surface area contributed by atoms with Crippen LogP contribution < -0.4 is 0 Å². The zero-order valence-corrected chi connectivity index (χ0v) is 17.6. The molecule has 0 saturated heterocycles. The molecule has 14 heavy (non-hydrogen) atoms. The topological polar surface area (TPSA) is 0 Å². The van der Waals surface area contributed by atoms with Gasteiger partial charge in [0.15, 0.2) is 0 Å². The summed E-state index contributed by atoms with van der Waals surface area (Å²) in [4.78, 5) is 0. The van der Waals surface area contributed by atoms with E-state index in [9.17, 15) is 0 Å². The van der Waals surface area contributed by atoms with Crippen LogP contribution in [0.4, 0.5) is 0 Å². The van der Waals surface area contributed by atoms with Crippen molar-refractivity contribution in [3.8, 4) is 0 Å². The Balaban J connectivity index is -0.000000403. The molecule has 2 radical (unpaired) electrons. The average molecular weight is 418 g/mol. The number of hydrogen-bond donors (Lipinski definition) is 0. The molecule has 1 aliphatic rings. The van der Waals surface area contributed by atoms with Gasteiger partial charge in [-0.25, -0.2) is 12.8 Å². The molecule has 0 amide bonds. The first-order valence-electron chi connectivity index (χ1n) is 4.78. The molecule has 1 fully saturated rings. The second-order valence-corrected chi connectivity index (χ2v) is 3.62. The van der Waals surface area contributed by atoms with Gasteiger partial charge in [-0.05, 0) is 0 Å². The van der Waals surface area contributed by atoms with Crippen LogP contribution >= 0.6 is 0 Å². The molecular weight excluding hydrogens is 399 g/mol. The fourth-order valence-electron chi connectivity index (χ4n) is 1.90. The SMILES string of the molecule is [CH2-]CC[CH-]CC1CCCC1[CH2-].[Y+3].[Y].[Y]. The van der Waals surface area contributed by atoms with Gasteiger partial charge in [0.05, 0.1) is 0 Å². The van der Waals surface area contributed by atoms with Crippen LogP contribution in [0.2, 0.25) is 0 Å². The van der Waals surface area contributed by atoms with Gasteiger partial charge in [0.1, 0.15) is 0 Å². The molecule has 0 N–H and O–H groups in total. The molecule has 0 nitrogen and oxygen atoms in total. The van der Waals surface area contributed by atoms with E-state index in [4.69, 9.17) is 0 Å². The van der Waals surface area contributed by atoms with Gasteiger partial charge < -0.3 is 20.3 Å². The first-order chi connectivity index (χ1) is 5.34. The van der Waals surface area contributed by atoms with Gasteiger partial charge in [0.2, 0.25) is 0 Å². The van der Waals surface area contributed by atoms with Crippen LogP contribution in [0.25, 0.3) is 0 Å². The van der Waals surface area contributed by atoms with Gasteiger partial charge in [-0.3, -0.25) is 0 Å². The minimum atomic E-state index is 0. The zero-order chi connectivity index (χ0) is 8.10. The molecule has 1 rings (SSSR count). The van der Waals surface area contributed by atoms with Crippen molar-refractivity contribution < 1.29 is 98.1 Å². The molecule has 0 aromatic rings. The Labute approximate surface area is 166 Å². The van der Waals surface area contributed by atoms with Gasteiger partial charge in [0, 0.05) is 65.4 Å². The molecule has 0 bridgehead atoms. The first kappa shape index (κ1) is 22.5. The Bertz CT molecular complexity index is 107. The summed E-state index contributed by atoms with van der Waals surface area (Å²) in [6, 6.07) is 0. The minimum Gasteiger partial charge on any atom is -0.346 e. The summed E-state index contributed by atoms with van der Waals surface area (Å²) in [6.45, 7) is 7.98. The van der Waals surface area contributed by atoms with Crippen molar-refractivity contribution in [1.29, 1.82) is 0 Å². The van der Waals surface area contributed by atoms with E-state index >= 15 is 0 Å². The van der Waals surface area contributed by atoms with Crippen LogP contribution in [0, 0.1) is 32.1 Å². The normalized spacial score (nSPS) is 24.4. The molecule has 3 heteroatoms. The summed E-state index contributed by atoms with van der Waals surface area (Å²) >= 11 is 0. The number of unbranched alkanes of at least 4 members (excludes halogenated alkanes) is 2. The summed E-state index contributed by atoms with van der Waals surface area (Å²) in [5, 5.41) is 0. The fourth-order valence-corrected chi connectivity index (χ4v) is 1.90. The molecule has 72 valence electrons. The third kappa shape index (κ3) is 9.35. The fraction of sp³-hybridized carbons (Fsp3) is 0.727. The van der Waals surface area contributed by atoms with E-state index in [1.54, 1.807) is 0 Å². The maximum Gasteiger partial charge on any atom is 3.00 e. The van der Waals surface area contributed by atoms with E-state index < -0.39 is 0 Å². The summed E-state index contributed by atoms with van der Waals surface area (Å²) in [5.41, 5.74) is 0. The summed E-state index contributed by atoms with van der Waals surface area (Å²) in [7, 11) is 0. The van der Waals surface area contributed by atoms with E-state index in [2.05, 4.69) is 20.3 Å². The summed E-state index contributed by atoms with van der Waals surface area (Å²) in [5.74, 6) is 1.62. The molecule has 2 atom stereocenters. The monoisotopic (exact) mass is 418 g/mol. The largest absolute Gasteiger partial charge is 3.00 e. The standard InChI is InChI=1S/C11H19.3Y/c1-3-4-5-8-11-9-6-7-10(11)2;;;/h5,10-11H,1-4,6-9H2;;;/q-3;;;+3. The Kier molecular flexibility index (Phi) is 23.1. The van der Waals surface area contributed by atoms with E-state index in [-0.39, 0.29) is 98.1 Å². The van der Waals surface area contributed by atoms with Crippen molar-refractivity contribution in [2.24, 2.45) is 11.8 Å². The number of rotatable bonds is 4. The van der Waals surface area contributed by atoms with Crippen molar-refractivity contribution in [2.45, 2.75) is 38.5 Å². The van der Waals surface area contributed by atoms with Gasteiger partial charge in [0.25, 0.3) is 0 Å². The third-order valence-corrected chi connectivity index (χ3v) is 2.69. The molecule has 0 aromatic carbocycles. The first-order valence-corrected chi connectivity index (χ1v) is 4.78. The van der Waals surface area contributed by atoms with Crippen LogP contribution in [-0.4, -0.2) is 0 Å². The Morgan fingerprint density at radius 2 is 1.86 bits per heavy atom. The van der Waals surface area contributed by atoms with Crippen molar-refractivity contribution in [2.75, 3.05) is 0 Å². The van der Waals surface area contributed by atoms with Gasteiger partial charge in [-0.2, -0.15) is 12.3 Å². The van der Waals surface area contributed by atoms with E-state index in [1.807, 2.05) is 0 Å². The van der Waals surface area contributed by atoms with Crippen molar-refractivity contribution in [3.05, 3.63) is 20.3 Å². The van der Waals surface area contributed by atoms with Crippen LogP contribution in [0.15, 0.2) is 0 Å². The predicted molar refractivity (Wildman–Crippen MR) is 49.7 cm³/mol. The van der Waals surface area contributed by atoms with Crippen LogP contribution in [0.1, 0.15) is 38.5 Å². The smallest absolute Gasteiger partial charge is 0.346 e. The molecule has 0 spiro atoms. The Morgan fingerprint density at radius 1 is 1.21 bits per heavy atom. The van der Waals surface area contributed by atoms with Crippen LogP contribution in [-0.2, 0) is 98.1 Å². The van der Waals surface area contributed by atoms with Gasteiger partial charge in [-0.15, -0.1) is 0 Å². The molecule has 0 aromatic heterocycles. The second-order valence-electron chi connectivity index (χ2n) is 3.62. The third-order valence-electron chi connectivity index (χ3n) is 2.69. The maximum absolute atomic E-state index is 4.16. The number of hydrogen-bond acceptors (Lipinski definition) is 0. The Morgan fingerprint density at radius 3 is 2.29 bits per heavy atom. The molecule has 0 heterocycles. The summed E-state index contributed by atoms with van der Waals surface area (Å²) in [6.07, 6.45) is 10.1. The van der Waals surface area contributed by atoms with Crippen molar-refractivity contribution in [1.82, 2.24) is 0 Å². The van der Waals surface area contributed by atoms with E-state index in [1.165, 1.54) is 32.1 Å². The molecule has 2 unspecified atom stereocenters. The van der Waals surface area contributed by atoms with Gasteiger partial charge in [-0.1, -0.05) is 25.2 Å². The average Bonchev–Trinajstić information content (AvgIpc) is 2.37. The molecule has 1 saturated carbocycles. The van der Waals surface area contributed by atoms with Crippen LogP contribution in [0.3, 0.4) is 0 Å². The van der Waals surface area contributed by atoms with Crippen molar-refractivity contribution in [3.63, 3.8) is 0 Å². The molecule has 0 aliphatic heterocycles. The van der Waals surface area contributed by atoms with E-state index in [0.717, 1.165) is 18.3 Å². The Hall–Kier alpha value is 3.31. The summed E-state index contributed by atoms with van der Waals surface area (Å²) < 4.78 is 0. The quantitative estimate of drug-likeness (QED) is 0.485. The minimum absolute atomic E-state index is 0. The second kappa shape index (κ2) is 14.4. The van der Waals surface area contributed by atoms with Crippen molar-refractivity contribution >= 4 is 0 Å². The van der Waals surface area contributed by atoms with Crippen LogP contribution in [0.5, 0.6) is 0 Å². The molecular formula is C11H19Y3. The zero-order valence-electron chi connectivity index (χ0n) is 9.12. The predicted octanol–water partition coefficient (Wildman–Crippen LogP) is 3.44. The van der Waals surface area contributed by atoms with E-state index in [0.29, 0.717) is 0 Å². The van der Waals surface area contributed by atoms with Gasteiger partial charge >= 0.3 is 32.7 Å². The maximum atomic E-state index is 4.16. The molecule has 1 aliphatic carbocycles.